The van der Waals surface area contributed by atoms with Crippen molar-refractivity contribution in [3.05, 3.63) is 60.0 Å². The van der Waals surface area contributed by atoms with Crippen LogP contribution in [0, 0.1) is 0 Å². The molecule has 1 aromatic heterocycles. The number of carbonyl (C=O) groups excluding carboxylic acids is 2. The maximum absolute atomic E-state index is 13.1. The number of hydrogen-bond donors (Lipinski definition) is 1. The van der Waals surface area contributed by atoms with Crippen molar-refractivity contribution in [3.63, 3.8) is 0 Å². The molecule has 0 unspecified atom stereocenters. The Balaban J connectivity index is 1.49. The second-order valence-electron chi connectivity index (χ2n) is 7.73. The predicted molar refractivity (Wildman–Crippen MR) is 120 cm³/mol. The van der Waals surface area contributed by atoms with Crippen LogP contribution in [-0.4, -0.2) is 47.1 Å². The lowest BCUT2D eigenvalue weighted by Crippen LogP contribution is -2.39. The summed E-state index contributed by atoms with van der Waals surface area (Å²) in [6.45, 7) is 2.98. The first-order valence-corrected chi connectivity index (χ1v) is 10.7. The van der Waals surface area contributed by atoms with Gasteiger partial charge in [-0.1, -0.05) is 36.3 Å². The normalized spacial score (nSPS) is 15.9. The molecule has 0 aliphatic carbocycles. The van der Waals surface area contributed by atoms with Crippen molar-refractivity contribution in [2.75, 3.05) is 25.5 Å². The third-order valence-electron chi connectivity index (χ3n) is 5.56. The molecule has 1 atom stereocenters. The quantitative estimate of drug-likeness (QED) is 0.627. The Morgan fingerprint density at radius 3 is 2.88 bits per heavy atom. The van der Waals surface area contributed by atoms with Crippen molar-refractivity contribution in [3.8, 4) is 17.1 Å². The lowest BCUT2D eigenvalue weighted by atomic mass is 9.97. The molecule has 32 heavy (non-hydrogen) atoms. The topological polar surface area (TPSA) is 97.6 Å². The summed E-state index contributed by atoms with van der Waals surface area (Å²) >= 11 is 0. The van der Waals surface area contributed by atoms with E-state index < -0.39 is 0 Å². The van der Waals surface area contributed by atoms with E-state index >= 15 is 0 Å². The molecule has 8 nitrogen and oxygen atoms in total. The molecule has 1 fully saturated rings. The molecule has 1 saturated heterocycles. The summed E-state index contributed by atoms with van der Waals surface area (Å²) in [6, 6.07) is 14.6. The molecule has 2 aromatic carbocycles. The van der Waals surface area contributed by atoms with E-state index in [1.165, 1.54) is 0 Å². The first-order valence-electron chi connectivity index (χ1n) is 10.7. The number of aromatic nitrogens is 2. The zero-order chi connectivity index (χ0) is 22.5. The molecule has 1 aliphatic heterocycles. The Bertz CT molecular complexity index is 1110. The highest BCUT2D eigenvalue weighted by Crippen LogP contribution is 2.30. The number of hydrogen-bond acceptors (Lipinski definition) is 6. The van der Waals surface area contributed by atoms with Crippen molar-refractivity contribution in [1.29, 1.82) is 0 Å². The van der Waals surface area contributed by atoms with Gasteiger partial charge in [0.1, 0.15) is 5.75 Å². The van der Waals surface area contributed by atoms with E-state index in [9.17, 15) is 9.59 Å². The fourth-order valence-electron chi connectivity index (χ4n) is 3.86. The van der Waals surface area contributed by atoms with Crippen molar-refractivity contribution >= 4 is 17.5 Å². The van der Waals surface area contributed by atoms with Gasteiger partial charge in [-0.2, -0.15) is 4.98 Å². The Labute approximate surface area is 186 Å². The second kappa shape index (κ2) is 9.64. The maximum Gasteiger partial charge on any atom is 0.257 e. The number of piperidine rings is 1. The zero-order valence-corrected chi connectivity index (χ0v) is 18.2. The van der Waals surface area contributed by atoms with Gasteiger partial charge in [0.15, 0.2) is 0 Å². The number of likely N-dealkylation sites (tertiary alicyclic amines) is 1. The molecule has 1 aliphatic rings. The smallest absolute Gasteiger partial charge is 0.257 e. The van der Waals surface area contributed by atoms with Crippen molar-refractivity contribution in [2.45, 2.75) is 32.1 Å². The van der Waals surface area contributed by atoms with Crippen LogP contribution in [0.3, 0.4) is 0 Å². The molecule has 0 radical (unpaired) electrons. The Morgan fingerprint density at radius 2 is 2.06 bits per heavy atom. The lowest BCUT2D eigenvalue weighted by Gasteiger charge is -2.31. The fourth-order valence-corrected chi connectivity index (χ4v) is 3.86. The highest BCUT2D eigenvalue weighted by Gasteiger charge is 2.30. The standard InChI is InChI=1S/C24H26N4O4/c1-3-21(29)25-18-10-6-8-16(14-18)22-26-23(32-27-22)17-9-7-13-28(15-17)24(30)19-11-4-5-12-20(19)31-2/h4-6,8,10-12,14,17H,3,7,9,13,15H2,1-2H3,(H,25,29)/t17-/m1/s1. The molecule has 166 valence electrons. The molecular weight excluding hydrogens is 408 g/mol. The van der Waals surface area contributed by atoms with Gasteiger partial charge in [0.2, 0.25) is 17.6 Å². The minimum atomic E-state index is -0.0637. The van der Waals surface area contributed by atoms with E-state index in [1.54, 1.807) is 26.2 Å². The zero-order valence-electron chi connectivity index (χ0n) is 18.2. The monoisotopic (exact) mass is 434 g/mol. The number of nitrogens with zero attached hydrogens (tertiary/aromatic N) is 3. The summed E-state index contributed by atoms with van der Waals surface area (Å²) in [5, 5.41) is 6.97. The third-order valence-corrected chi connectivity index (χ3v) is 5.56. The average Bonchev–Trinajstić information content (AvgIpc) is 3.34. The molecule has 0 spiro atoms. The number of rotatable bonds is 6. The molecule has 1 N–H and O–H groups in total. The predicted octanol–water partition coefficient (Wildman–Crippen LogP) is 4.11. The van der Waals surface area contributed by atoms with Gasteiger partial charge in [-0.3, -0.25) is 9.59 Å². The number of nitrogens with one attached hydrogen (secondary N) is 1. The maximum atomic E-state index is 13.1. The van der Waals surface area contributed by atoms with Crippen LogP contribution >= 0.6 is 0 Å². The fraction of sp³-hybridized carbons (Fsp3) is 0.333. The van der Waals surface area contributed by atoms with Crippen LogP contribution in [0.5, 0.6) is 5.75 Å². The van der Waals surface area contributed by atoms with Crippen LogP contribution in [0.25, 0.3) is 11.4 Å². The van der Waals surface area contributed by atoms with Crippen molar-refractivity contribution in [2.24, 2.45) is 0 Å². The largest absolute Gasteiger partial charge is 0.496 e. The van der Waals surface area contributed by atoms with E-state index in [1.807, 2.05) is 41.3 Å². The number of methoxy groups -OCH3 is 1. The molecule has 0 bridgehead atoms. The molecular formula is C24H26N4O4. The summed E-state index contributed by atoms with van der Waals surface area (Å²) in [6.07, 6.45) is 2.12. The number of carbonyl (C=O) groups is 2. The number of ether oxygens (including phenoxy) is 1. The Kier molecular flexibility index (Phi) is 6.49. The third kappa shape index (κ3) is 4.64. The second-order valence-corrected chi connectivity index (χ2v) is 7.73. The molecule has 0 saturated carbocycles. The van der Waals surface area contributed by atoms with E-state index in [-0.39, 0.29) is 17.7 Å². The van der Waals surface area contributed by atoms with Gasteiger partial charge < -0.3 is 19.5 Å². The van der Waals surface area contributed by atoms with E-state index in [2.05, 4.69) is 15.5 Å². The first kappa shape index (κ1) is 21.5. The van der Waals surface area contributed by atoms with E-state index in [0.717, 1.165) is 18.4 Å². The molecule has 4 rings (SSSR count). The number of amides is 2. The Morgan fingerprint density at radius 1 is 1.22 bits per heavy atom. The van der Waals surface area contributed by atoms with Crippen LogP contribution in [0.4, 0.5) is 5.69 Å². The number of anilines is 1. The minimum absolute atomic E-state index is 0.0355. The highest BCUT2D eigenvalue weighted by molar-refractivity contribution is 5.97. The summed E-state index contributed by atoms with van der Waals surface area (Å²) < 4.78 is 10.9. The van der Waals surface area contributed by atoms with Gasteiger partial charge in [-0.25, -0.2) is 0 Å². The molecule has 2 heterocycles. The molecule has 8 heteroatoms. The van der Waals surface area contributed by atoms with Crippen LogP contribution < -0.4 is 10.1 Å². The highest BCUT2D eigenvalue weighted by atomic mass is 16.5. The minimum Gasteiger partial charge on any atom is -0.496 e. The van der Waals surface area contributed by atoms with E-state index in [0.29, 0.717) is 48.2 Å². The Hall–Kier alpha value is -3.68. The summed E-state index contributed by atoms with van der Waals surface area (Å²) in [5.74, 6) is 1.38. The summed E-state index contributed by atoms with van der Waals surface area (Å²) in [4.78, 5) is 31.2. The van der Waals surface area contributed by atoms with Gasteiger partial charge in [0, 0.05) is 30.8 Å². The number of para-hydroxylation sites is 1. The van der Waals surface area contributed by atoms with Crippen LogP contribution in [0.1, 0.15) is 48.4 Å². The van der Waals surface area contributed by atoms with Gasteiger partial charge in [-0.15, -0.1) is 0 Å². The first-order chi connectivity index (χ1) is 15.6. The van der Waals surface area contributed by atoms with Gasteiger partial charge in [0.25, 0.3) is 5.91 Å². The van der Waals surface area contributed by atoms with Crippen LogP contribution in [0.2, 0.25) is 0 Å². The summed E-state index contributed by atoms with van der Waals surface area (Å²) in [7, 11) is 1.56. The van der Waals surface area contributed by atoms with Gasteiger partial charge in [-0.05, 0) is 37.1 Å². The molecule has 3 aromatic rings. The van der Waals surface area contributed by atoms with Crippen LogP contribution in [-0.2, 0) is 4.79 Å². The average molecular weight is 434 g/mol. The lowest BCUT2D eigenvalue weighted by molar-refractivity contribution is -0.115. The SMILES string of the molecule is CCC(=O)Nc1cccc(-c2noc([C@@H]3CCCN(C(=O)c4ccccc4OC)C3)n2)c1. The van der Waals surface area contributed by atoms with Crippen LogP contribution in [0.15, 0.2) is 53.1 Å². The van der Waals surface area contributed by atoms with Crippen molar-refractivity contribution in [1.82, 2.24) is 15.0 Å². The van der Waals surface area contributed by atoms with Gasteiger partial charge in [0.05, 0.1) is 18.6 Å². The molecule has 2 amide bonds. The summed E-state index contributed by atoms with van der Waals surface area (Å²) in [5.41, 5.74) is 1.99. The van der Waals surface area contributed by atoms with E-state index in [4.69, 9.17) is 9.26 Å². The van der Waals surface area contributed by atoms with Crippen molar-refractivity contribution < 1.29 is 18.8 Å². The number of benzene rings is 2. The van der Waals surface area contributed by atoms with Gasteiger partial charge >= 0.3 is 0 Å².